The number of amides is 1. The van der Waals surface area contributed by atoms with E-state index in [1.54, 1.807) is 57.3 Å². The van der Waals surface area contributed by atoms with E-state index in [-0.39, 0.29) is 23.2 Å². The van der Waals surface area contributed by atoms with Crippen LogP contribution in [0.4, 0.5) is 5.69 Å². The highest BCUT2D eigenvalue weighted by atomic mass is 16.5. The number of fused-ring (bicyclic) bond motifs is 1. The molecular formula is C21H21N3O4. The van der Waals surface area contributed by atoms with E-state index in [0.29, 0.717) is 16.5 Å². The molecular weight excluding hydrogens is 358 g/mol. The van der Waals surface area contributed by atoms with Crippen molar-refractivity contribution in [1.29, 1.82) is 0 Å². The fraction of sp³-hybridized carbons (Fsp3) is 0.238. The third kappa shape index (κ3) is 3.78. The molecule has 0 fully saturated rings. The Morgan fingerprint density at radius 3 is 2.29 bits per heavy atom. The van der Waals surface area contributed by atoms with Gasteiger partial charge < -0.3 is 9.64 Å². The molecule has 0 saturated heterocycles. The highest BCUT2D eigenvalue weighted by Gasteiger charge is 2.21. The second-order valence-corrected chi connectivity index (χ2v) is 6.60. The Kier molecular flexibility index (Phi) is 5.54. The minimum absolute atomic E-state index is 0.0130. The normalized spacial score (nSPS) is 10.9. The molecule has 2 aromatic carbocycles. The SMILES string of the molecule is CC(C)n1nc(C(=O)OCC(=O)N(C)c2ccccc2)c2ccccc2c1=O. The number of aromatic nitrogens is 2. The zero-order valence-corrected chi connectivity index (χ0v) is 16.0. The number of hydrogen-bond acceptors (Lipinski definition) is 5. The fourth-order valence-corrected chi connectivity index (χ4v) is 2.80. The molecule has 3 aromatic rings. The number of benzene rings is 2. The topological polar surface area (TPSA) is 81.5 Å². The molecule has 144 valence electrons. The summed E-state index contributed by atoms with van der Waals surface area (Å²) < 4.78 is 6.45. The number of para-hydroxylation sites is 1. The van der Waals surface area contributed by atoms with Crippen molar-refractivity contribution in [2.45, 2.75) is 19.9 Å². The average Bonchev–Trinajstić information content (AvgIpc) is 2.72. The predicted molar refractivity (Wildman–Crippen MR) is 107 cm³/mol. The molecule has 1 amide bonds. The van der Waals surface area contributed by atoms with E-state index in [9.17, 15) is 14.4 Å². The van der Waals surface area contributed by atoms with Crippen molar-refractivity contribution in [3.63, 3.8) is 0 Å². The van der Waals surface area contributed by atoms with Gasteiger partial charge in [-0.3, -0.25) is 9.59 Å². The van der Waals surface area contributed by atoms with Crippen LogP contribution in [0.1, 0.15) is 30.4 Å². The number of hydrogen-bond donors (Lipinski definition) is 0. The first-order valence-corrected chi connectivity index (χ1v) is 8.90. The van der Waals surface area contributed by atoms with Crippen molar-refractivity contribution in [3.05, 3.63) is 70.6 Å². The minimum Gasteiger partial charge on any atom is -0.451 e. The van der Waals surface area contributed by atoms with Gasteiger partial charge in [0, 0.05) is 18.1 Å². The number of nitrogens with zero attached hydrogens (tertiary/aromatic N) is 3. The molecule has 7 heteroatoms. The molecule has 0 bridgehead atoms. The summed E-state index contributed by atoms with van der Waals surface area (Å²) in [5.74, 6) is -1.12. The van der Waals surface area contributed by atoms with Crippen LogP contribution in [0.5, 0.6) is 0 Å². The van der Waals surface area contributed by atoms with E-state index in [1.165, 1.54) is 9.58 Å². The van der Waals surface area contributed by atoms with Gasteiger partial charge in [-0.25, -0.2) is 9.48 Å². The summed E-state index contributed by atoms with van der Waals surface area (Å²) in [5.41, 5.74) is 0.432. The summed E-state index contributed by atoms with van der Waals surface area (Å²) in [4.78, 5) is 38.9. The lowest BCUT2D eigenvalue weighted by atomic mass is 10.1. The van der Waals surface area contributed by atoms with Crippen molar-refractivity contribution in [3.8, 4) is 0 Å². The highest BCUT2D eigenvalue weighted by molar-refractivity contribution is 6.03. The first-order valence-electron chi connectivity index (χ1n) is 8.90. The Hall–Kier alpha value is -3.48. The van der Waals surface area contributed by atoms with Crippen LogP contribution in [-0.4, -0.2) is 35.3 Å². The van der Waals surface area contributed by atoms with Crippen LogP contribution in [-0.2, 0) is 9.53 Å². The molecule has 0 aliphatic heterocycles. The molecule has 0 radical (unpaired) electrons. The molecule has 28 heavy (non-hydrogen) atoms. The van der Waals surface area contributed by atoms with E-state index in [1.807, 2.05) is 18.2 Å². The van der Waals surface area contributed by atoms with E-state index in [0.717, 1.165) is 0 Å². The van der Waals surface area contributed by atoms with Gasteiger partial charge in [-0.15, -0.1) is 0 Å². The fourth-order valence-electron chi connectivity index (χ4n) is 2.80. The van der Waals surface area contributed by atoms with Crippen LogP contribution in [0, 0.1) is 0 Å². The standard InChI is InChI=1S/C21H21N3O4/c1-14(2)24-20(26)17-12-8-7-11-16(17)19(22-24)21(27)28-13-18(25)23(3)15-9-5-4-6-10-15/h4-12,14H,13H2,1-3H3. The number of anilines is 1. The zero-order valence-electron chi connectivity index (χ0n) is 16.0. The molecule has 1 aromatic heterocycles. The van der Waals surface area contributed by atoms with Crippen LogP contribution in [0.3, 0.4) is 0 Å². The lowest BCUT2D eigenvalue weighted by Gasteiger charge is -2.17. The molecule has 0 unspecified atom stereocenters. The predicted octanol–water partition coefficient (Wildman–Crippen LogP) is 2.80. The van der Waals surface area contributed by atoms with Crippen molar-refractivity contribution >= 4 is 28.3 Å². The Balaban J connectivity index is 1.85. The van der Waals surface area contributed by atoms with Gasteiger partial charge >= 0.3 is 5.97 Å². The van der Waals surface area contributed by atoms with E-state index in [2.05, 4.69) is 5.10 Å². The van der Waals surface area contributed by atoms with Crippen LogP contribution in [0.15, 0.2) is 59.4 Å². The number of likely N-dealkylation sites (N-methyl/N-ethyl adjacent to an activating group) is 1. The lowest BCUT2D eigenvalue weighted by molar-refractivity contribution is -0.121. The second kappa shape index (κ2) is 8.04. The molecule has 0 atom stereocenters. The van der Waals surface area contributed by atoms with Gasteiger partial charge in [-0.05, 0) is 32.0 Å². The van der Waals surface area contributed by atoms with Gasteiger partial charge in [0.15, 0.2) is 12.3 Å². The summed E-state index contributed by atoms with van der Waals surface area (Å²) >= 11 is 0. The number of ether oxygens (including phenoxy) is 1. The third-order valence-electron chi connectivity index (χ3n) is 4.36. The van der Waals surface area contributed by atoms with Crippen molar-refractivity contribution in [1.82, 2.24) is 9.78 Å². The Bertz CT molecular complexity index is 1070. The molecule has 1 heterocycles. The summed E-state index contributed by atoms with van der Waals surface area (Å²) in [6.07, 6.45) is 0. The third-order valence-corrected chi connectivity index (χ3v) is 4.36. The first kappa shape index (κ1) is 19.3. The van der Waals surface area contributed by atoms with Crippen molar-refractivity contribution in [2.24, 2.45) is 0 Å². The minimum atomic E-state index is -0.750. The van der Waals surface area contributed by atoms with E-state index in [4.69, 9.17) is 4.74 Å². The maximum absolute atomic E-state index is 12.6. The molecule has 3 rings (SSSR count). The Labute approximate surface area is 162 Å². The number of carbonyl (C=O) groups excluding carboxylic acids is 2. The van der Waals surface area contributed by atoms with Gasteiger partial charge in [-0.1, -0.05) is 36.4 Å². The van der Waals surface area contributed by atoms with Crippen molar-refractivity contribution < 1.29 is 14.3 Å². The second-order valence-electron chi connectivity index (χ2n) is 6.60. The quantitative estimate of drug-likeness (QED) is 0.637. The molecule has 0 N–H and O–H groups in total. The lowest BCUT2D eigenvalue weighted by Crippen LogP contribution is -2.32. The highest BCUT2D eigenvalue weighted by Crippen LogP contribution is 2.16. The Morgan fingerprint density at radius 1 is 1.04 bits per heavy atom. The zero-order chi connectivity index (χ0) is 20.3. The van der Waals surface area contributed by atoms with Crippen LogP contribution in [0.2, 0.25) is 0 Å². The van der Waals surface area contributed by atoms with Gasteiger partial charge in [0.2, 0.25) is 0 Å². The van der Waals surface area contributed by atoms with Gasteiger partial charge in [0.25, 0.3) is 11.5 Å². The molecule has 0 aliphatic carbocycles. The number of esters is 1. The summed E-state index contributed by atoms with van der Waals surface area (Å²) in [6, 6.07) is 15.5. The van der Waals surface area contributed by atoms with E-state index >= 15 is 0 Å². The Morgan fingerprint density at radius 2 is 1.64 bits per heavy atom. The smallest absolute Gasteiger partial charge is 0.359 e. The number of rotatable bonds is 5. The largest absolute Gasteiger partial charge is 0.451 e. The maximum atomic E-state index is 12.6. The number of carbonyl (C=O) groups is 2. The molecule has 0 saturated carbocycles. The summed E-state index contributed by atoms with van der Waals surface area (Å²) in [5, 5.41) is 4.97. The summed E-state index contributed by atoms with van der Waals surface area (Å²) in [6.45, 7) is 3.17. The average molecular weight is 379 g/mol. The molecule has 0 aliphatic rings. The van der Waals surface area contributed by atoms with Crippen molar-refractivity contribution in [2.75, 3.05) is 18.6 Å². The van der Waals surface area contributed by atoms with Crippen LogP contribution in [0.25, 0.3) is 10.8 Å². The molecule has 0 spiro atoms. The van der Waals surface area contributed by atoms with Gasteiger partial charge in [0.05, 0.1) is 11.4 Å². The van der Waals surface area contributed by atoms with Crippen LogP contribution >= 0.6 is 0 Å². The monoisotopic (exact) mass is 379 g/mol. The maximum Gasteiger partial charge on any atom is 0.359 e. The van der Waals surface area contributed by atoms with Crippen LogP contribution < -0.4 is 10.5 Å². The first-order chi connectivity index (χ1) is 13.4. The van der Waals surface area contributed by atoms with E-state index < -0.39 is 12.6 Å². The van der Waals surface area contributed by atoms with Gasteiger partial charge in [0.1, 0.15) is 0 Å². The van der Waals surface area contributed by atoms with Gasteiger partial charge in [-0.2, -0.15) is 5.10 Å². The summed E-state index contributed by atoms with van der Waals surface area (Å²) in [7, 11) is 1.61. The molecule has 7 nitrogen and oxygen atoms in total.